The van der Waals surface area contributed by atoms with Gasteiger partial charge in [0.25, 0.3) is 0 Å². The molecule has 0 amide bonds. The van der Waals surface area contributed by atoms with Crippen LogP contribution in [-0.2, 0) is 0 Å². The van der Waals surface area contributed by atoms with Gasteiger partial charge in [-0.2, -0.15) is 0 Å². The van der Waals surface area contributed by atoms with E-state index in [1.807, 2.05) is 0 Å². The Kier molecular flexibility index (Phi) is 5.81. The quantitative estimate of drug-likeness (QED) is 0.434. The van der Waals surface area contributed by atoms with Crippen molar-refractivity contribution in [3.05, 3.63) is 11.6 Å². The molecule has 0 spiro atoms. The smallest absolute Gasteiger partial charge is 0.0542 e. The zero-order valence-corrected chi connectivity index (χ0v) is 7.91. The Bertz CT molecular complexity index is 105. The summed E-state index contributed by atoms with van der Waals surface area (Å²) in [6.07, 6.45) is 5.57. The lowest BCUT2D eigenvalue weighted by Gasteiger charge is -2.07. The van der Waals surface area contributed by atoms with E-state index < -0.39 is 0 Å². The molecule has 0 N–H and O–H groups in total. The maximum atomic E-state index is 6.04. The fourth-order valence-electron chi connectivity index (χ4n) is 0.931. The highest BCUT2D eigenvalue weighted by atomic mass is 35.5. The van der Waals surface area contributed by atoms with Crippen molar-refractivity contribution < 1.29 is 0 Å². The lowest BCUT2D eigenvalue weighted by Crippen LogP contribution is -1.98. The van der Waals surface area contributed by atoms with E-state index in [1.54, 1.807) is 0 Å². The Labute approximate surface area is 69.3 Å². The van der Waals surface area contributed by atoms with Crippen LogP contribution in [-0.4, -0.2) is 5.38 Å². The van der Waals surface area contributed by atoms with Crippen LogP contribution < -0.4 is 0 Å². The lowest BCUT2D eigenvalue weighted by molar-refractivity contribution is 0.791. The molecule has 0 nitrogen and oxygen atoms in total. The molecule has 1 unspecified atom stereocenters. The molecule has 0 aromatic heterocycles. The van der Waals surface area contributed by atoms with Crippen molar-refractivity contribution in [3.63, 3.8) is 0 Å². The Hall–Kier alpha value is 0.0300. The summed E-state index contributed by atoms with van der Waals surface area (Å²) >= 11 is 6.04. The first kappa shape index (κ1) is 10.0. The summed E-state index contributed by atoms with van der Waals surface area (Å²) in [6, 6.07) is 0. The van der Waals surface area contributed by atoms with E-state index in [4.69, 9.17) is 11.6 Å². The van der Waals surface area contributed by atoms with Gasteiger partial charge in [0.2, 0.25) is 0 Å². The van der Waals surface area contributed by atoms with Crippen molar-refractivity contribution >= 4 is 11.6 Å². The minimum Gasteiger partial charge on any atom is -0.118 e. The molecule has 0 radical (unpaired) electrons. The maximum Gasteiger partial charge on any atom is 0.0542 e. The van der Waals surface area contributed by atoms with Gasteiger partial charge in [0.05, 0.1) is 5.38 Å². The van der Waals surface area contributed by atoms with Crippen molar-refractivity contribution in [2.45, 2.75) is 45.4 Å². The Morgan fingerprint density at radius 1 is 1.50 bits per heavy atom. The molecular formula is C9H17Cl. The van der Waals surface area contributed by atoms with Crippen molar-refractivity contribution in [2.75, 3.05) is 0 Å². The average molecular weight is 161 g/mol. The molecule has 0 rings (SSSR count). The molecule has 0 aromatic rings. The van der Waals surface area contributed by atoms with Gasteiger partial charge in [-0.1, -0.05) is 31.9 Å². The van der Waals surface area contributed by atoms with Crippen LogP contribution in [0.3, 0.4) is 0 Å². The molecule has 10 heavy (non-hydrogen) atoms. The van der Waals surface area contributed by atoms with Gasteiger partial charge in [-0.05, 0) is 19.8 Å². The molecule has 0 aliphatic carbocycles. The molecule has 0 aliphatic heterocycles. The summed E-state index contributed by atoms with van der Waals surface area (Å²) in [5, 5.41) is 0.268. The standard InChI is InChI=1S/C9H17Cl/c1-4-6-8(3)9(10)7-5-2/h6,9H,4-5,7H2,1-3H3/b8-6+. The molecule has 0 bridgehead atoms. The lowest BCUT2D eigenvalue weighted by atomic mass is 10.1. The monoisotopic (exact) mass is 160 g/mol. The van der Waals surface area contributed by atoms with E-state index in [0.29, 0.717) is 0 Å². The highest BCUT2D eigenvalue weighted by Crippen LogP contribution is 2.15. The van der Waals surface area contributed by atoms with Gasteiger partial charge in [0.1, 0.15) is 0 Å². The number of hydrogen-bond acceptors (Lipinski definition) is 0. The largest absolute Gasteiger partial charge is 0.118 e. The highest BCUT2D eigenvalue weighted by Gasteiger charge is 2.02. The second-order valence-electron chi connectivity index (χ2n) is 2.61. The third-order valence-corrected chi connectivity index (χ3v) is 2.12. The molecule has 1 atom stereocenters. The minimum absolute atomic E-state index is 0.268. The van der Waals surface area contributed by atoms with E-state index in [2.05, 4.69) is 26.8 Å². The normalized spacial score (nSPS) is 15.4. The van der Waals surface area contributed by atoms with Gasteiger partial charge < -0.3 is 0 Å². The Morgan fingerprint density at radius 3 is 2.50 bits per heavy atom. The predicted octanol–water partition coefficient (Wildman–Crippen LogP) is 3.75. The first-order valence-corrected chi connectivity index (χ1v) is 4.46. The van der Waals surface area contributed by atoms with Crippen molar-refractivity contribution in [3.8, 4) is 0 Å². The number of alkyl halides is 1. The van der Waals surface area contributed by atoms with E-state index in [-0.39, 0.29) is 5.38 Å². The molecule has 0 heterocycles. The summed E-state index contributed by atoms with van der Waals surface area (Å²) < 4.78 is 0. The zero-order chi connectivity index (χ0) is 7.98. The fraction of sp³-hybridized carbons (Fsp3) is 0.778. The Morgan fingerprint density at radius 2 is 2.10 bits per heavy atom. The molecule has 0 aromatic carbocycles. The topological polar surface area (TPSA) is 0 Å². The van der Waals surface area contributed by atoms with Gasteiger partial charge in [-0.25, -0.2) is 0 Å². The number of allylic oxidation sites excluding steroid dienone is 2. The van der Waals surface area contributed by atoms with Crippen molar-refractivity contribution in [2.24, 2.45) is 0 Å². The van der Waals surface area contributed by atoms with Gasteiger partial charge in [0.15, 0.2) is 0 Å². The number of hydrogen-bond donors (Lipinski definition) is 0. The second kappa shape index (κ2) is 5.79. The average Bonchev–Trinajstić information content (AvgIpc) is 1.89. The summed E-state index contributed by atoms with van der Waals surface area (Å²) in [5.74, 6) is 0. The minimum atomic E-state index is 0.268. The number of rotatable bonds is 4. The molecule has 0 fully saturated rings. The summed E-state index contributed by atoms with van der Waals surface area (Å²) in [4.78, 5) is 0. The van der Waals surface area contributed by atoms with Gasteiger partial charge in [0, 0.05) is 0 Å². The van der Waals surface area contributed by atoms with E-state index in [9.17, 15) is 0 Å². The van der Waals surface area contributed by atoms with E-state index in [1.165, 1.54) is 12.0 Å². The zero-order valence-electron chi connectivity index (χ0n) is 7.15. The van der Waals surface area contributed by atoms with Gasteiger partial charge in [-0.15, -0.1) is 11.6 Å². The molecule has 1 heteroatoms. The van der Waals surface area contributed by atoms with Crippen LogP contribution in [0.4, 0.5) is 0 Å². The third kappa shape index (κ3) is 3.94. The van der Waals surface area contributed by atoms with Crippen molar-refractivity contribution in [1.82, 2.24) is 0 Å². The van der Waals surface area contributed by atoms with Crippen LogP contribution in [0.1, 0.15) is 40.0 Å². The van der Waals surface area contributed by atoms with Crippen LogP contribution in [0.15, 0.2) is 11.6 Å². The summed E-state index contributed by atoms with van der Waals surface area (Å²) in [6.45, 7) is 6.41. The third-order valence-electron chi connectivity index (χ3n) is 1.56. The highest BCUT2D eigenvalue weighted by molar-refractivity contribution is 6.22. The SMILES string of the molecule is CC/C=C(\C)C(Cl)CCC. The summed E-state index contributed by atoms with van der Waals surface area (Å²) in [5.41, 5.74) is 1.33. The molecule has 0 aliphatic rings. The van der Waals surface area contributed by atoms with Crippen LogP contribution in [0.5, 0.6) is 0 Å². The van der Waals surface area contributed by atoms with Crippen LogP contribution in [0.25, 0.3) is 0 Å². The molecule has 60 valence electrons. The van der Waals surface area contributed by atoms with E-state index in [0.717, 1.165) is 12.8 Å². The Balaban J connectivity index is 3.69. The summed E-state index contributed by atoms with van der Waals surface area (Å²) in [7, 11) is 0. The first-order chi connectivity index (χ1) is 4.72. The van der Waals surface area contributed by atoms with Crippen LogP contribution in [0, 0.1) is 0 Å². The van der Waals surface area contributed by atoms with Crippen LogP contribution in [0.2, 0.25) is 0 Å². The molecular weight excluding hydrogens is 144 g/mol. The van der Waals surface area contributed by atoms with Crippen LogP contribution >= 0.6 is 11.6 Å². The van der Waals surface area contributed by atoms with Gasteiger partial charge in [-0.3, -0.25) is 0 Å². The molecule has 0 saturated heterocycles. The first-order valence-electron chi connectivity index (χ1n) is 4.03. The fourth-order valence-corrected chi connectivity index (χ4v) is 1.24. The predicted molar refractivity (Wildman–Crippen MR) is 48.6 cm³/mol. The number of halogens is 1. The second-order valence-corrected chi connectivity index (χ2v) is 3.14. The van der Waals surface area contributed by atoms with Gasteiger partial charge >= 0.3 is 0 Å². The van der Waals surface area contributed by atoms with E-state index >= 15 is 0 Å². The van der Waals surface area contributed by atoms with Crippen molar-refractivity contribution in [1.29, 1.82) is 0 Å². The molecule has 0 saturated carbocycles. The maximum absolute atomic E-state index is 6.04.